The van der Waals surface area contributed by atoms with Gasteiger partial charge in [0.25, 0.3) is 5.91 Å². The van der Waals surface area contributed by atoms with Crippen molar-refractivity contribution >= 4 is 5.91 Å². The molecule has 36 heavy (non-hydrogen) atoms. The molecule has 0 bridgehead atoms. The number of nitriles is 1. The van der Waals surface area contributed by atoms with E-state index >= 15 is 0 Å². The first kappa shape index (κ1) is 28.8. The molecule has 1 saturated carbocycles. The summed E-state index contributed by atoms with van der Waals surface area (Å²) in [6.45, 7) is 9.38. The molecule has 1 aliphatic carbocycles. The topological polar surface area (TPSA) is 62.1 Å². The standard InChI is InChI=1S/C21H24N2O2.C9H10.C2H6/c1-3-5-6-8-16(7-4-2)13-23-21(24)17-9-10-18-14-25-15-19(12-22)20(18)11-17;1-2-4-8(5-3-1)9-6-7-9;1-2/h3,5-11,19H,4,13-15H2,1-2H3,(H,23,24);1-5,9H,6-7H2;1-2H3/b5-3-,8-6-,16-7-;;. The fourth-order valence-corrected chi connectivity index (χ4v) is 3.85. The first-order valence-electron chi connectivity index (χ1n) is 13.1. The predicted molar refractivity (Wildman–Crippen MR) is 149 cm³/mol. The van der Waals surface area contributed by atoms with Crippen molar-refractivity contribution in [2.24, 2.45) is 0 Å². The van der Waals surface area contributed by atoms with Crippen LogP contribution in [0.15, 0.2) is 84.5 Å². The van der Waals surface area contributed by atoms with Crippen LogP contribution in [0.4, 0.5) is 0 Å². The van der Waals surface area contributed by atoms with E-state index in [1.165, 1.54) is 18.4 Å². The molecular formula is C32H40N2O2. The Labute approximate surface area is 217 Å². The Bertz CT molecular complexity index is 1070. The summed E-state index contributed by atoms with van der Waals surface area (Å²) in [4.78, 5) is 12.5. The third kappa shape index (κ3) is 9.32. The molecule has 1 amide bonds. The predicted octanol–water partition coefficient (Wildman–Crippen LogP) is 7.61. The van der Waals surface area contributed by atoms with Gasteiger partial charge in [-0.05, 0) is 66.5 Å². The minimum Gasteiger partial charge on any atom is -0.375 e. The van der Waals surface area contributed by atoms with Gasteiger partial charge in [-0.3, -0.25) is 4.79 Å². The molecule has 4 nitrogen and oxygen atoms in total. The van der Waals surface area contributed by atoms with Crippen LogP contribution in [0, 0.1) is 11.3 Å². The van der Waals surface area contributed by atoms with Gasteiger partial charge >= 0.3 is 0 Å². The number of nitrogens with zero attached hydrogens (tertiary/aromatic N) is 1. The number of fused-ring (bicyclic) bond motifs is 1. The van der Waals surface area contributed by atoms with Crippen molar-refractivity contribution < 1.29 is 9.53 Å². The number of carbonyl (C=O) groups excluding carboxylic acids is 1. The molecule has 1 N–H and O–H groups in total. The van der Waals surface area contributed by atoms with Gasteiger partial charge in [0, 0.05) is 12.1 Å². The Morgan fingerprint density at radius 3 is 2.53 bits per heavy atom. The van der Waals surface area contributed by atoms with E-state index in [2.05, 4.69) is 54.7 Å². The number of allylic oxidation sites excluding steroid dienone is 4. The summed E-state index contributed by atoms with van der Waals surface area (Å²) >= 11 is 0. The maximum absolute atomic E-state index is 12.5. The Kier molecular flexibility index (Phi) is 13.0. The van der Waals surface area contributed by atoms with Crippen molar-refractivity contribution in [2.45, 2.75) is 65.4 Å². The van der Waals surface area contributed by atoms with E-state index in [0.717, 1.165) is 29.0 Å². The summed E-state index contributed by atoms with van der Waals surface area (Å²) in [5.74, 6) is 0.467. The maximum atomic E-state index is 12.5. The molecule has 0 aromatic heterocycles. The molecule has 2 aromatic rings. The van der Waals surface area contributed by atoms with Gasteiger partial charge in [0.15, 0.2) is 0 Å². The van der Waals surface area contributed by atoms with Crippen molar-refractivity contribution in [1.82, 2.24) is 5.32 Å². The zero-order valence-corrected chi connectivity index (χ0v) is 22.2. The second-order valence-corrected chi connectivity index (χ2v) is 8.55. The molecule has 1 aliphatic heterocycles. The normalized spacial score (nSPS) is 16.8. The highest BCUT2D eigenvalue weighted by atomic mass is 16.5. The fourth-order valence-electron chi connectivity index (χ4n) is 3.85. The van der Waals surface area contributed by atoms with Crippen LogP contribution in [-0.2, 0) is 11.3 Å². The molecule has 0 saturated heterocycles. The van der Waals surface area contributed by atoms with Gasteiger partial charge in [-0.25, -0.2) is 0 Å². The Balaban J connectivity index is 0.000000341. The summed E-state index contributed by atoms with van der Waals surface area (Å²) < 4.78 is 5.41. The fraction of sp³-hybridized carbons (Fsp3) is 0.375. The van der Waals surface area contributed by atoms with Crippen molar-refractivity contribution in [3.8, 4) is 6.07 Å². The quantitative estimate of drug-likeness (QED) is 0.411. The molecule has 190 valence electrons. The smallest absolute Gasteiger partial charge is 0.251 e. The number of amides is 1. The van der Waals surface area contributed by atoms with Crippen molar-refractivity contribution in [2.75, 3.05) is 13.2 Å². The third-order valence-electron chi connectivity index (χ3n) is 5.86. The average Bonchev–Trinajstić information content (AvgIpc) is 3.79. The van der Waals surface area contributed by atoms with Crippen LogP contribution in [-0.4, -0.2) is 19.1 Å². The van der Waals surface area contributed by atoms with E-state index < -0.39 is 0 Å². The lowest BCUT2D eigenvalue weighted by molar-refractivity contribution is 0.0952. The molecule has 1 unspecified atom stereocenters. The molecule has 0 spiro atoms. The number of benzene rings is 2. The summed E-state index contributed by atoms with van der Waals surface area (Å²) in [5.41, 5.74) is 5.05. The lowest BCUT2D eigenvalue weighted by atomic mass is 9.92. The minimum atomic E-state index is -0.309. The van der Waals surface area contributed by atoms with Crippen LogP contribution in [0.5, 0.6) is 0 Å². The Hall–Kier alpha value is -3.42. The number of nitrogens with one attached hydrogen (secondary N) is 1. The van der Waals surface area contributed by atoms with Gasteiger partial charge < -0.3 is 10.1 Å². The molecule has 4 rings (SSSR count). The third-order valence-corrected chi connectivity index (χ3v) is 5.86. The molecule has 1 heterocycles. The van der Waals surface area contributed by atoms with Crippen LogP contribution in [0.2, 0.25) is 0 Å². The van der Waals surface area contributed by atoms with E-state index in [-0.39, 0.29) is 11.8 Å². The number of hydrogen-bond acceptors (Lipinski definition) is 3. The molecule has 1 atom stereocenters. The average molecular weight is 485 g/mol. The molecule has 2 aromatic carbocycles. The summed E-state index contributed by atoms with van der Waals surface area (Å²) in [6, 6.07) is 18.5. The van der Waals surface area contributed by atoms with Gasteiger partial charge in [0.2, 0.25) is 0 Å². The van der Waals surface area contributed by atoms with Crippen molar-refractivity contribution in [3.63, 3.8) is 0 Å². The molecule has 2 aliphatic rings. The zero-order valence-electron chi connectivity index (χ0n) is 22.2. The van der Waals surface area contributed by atoms with Gasteiger partial charge in [-0.15, -0.1) is 0 Å². The Morgan fingerprint density at radius 1 is 1.14 bits per heavy atom. The van der Waals surface area contributed by atoms with Crippen LogP contribution < -0.4 is 5.32 Å². The van der Waals surface area contributed by atoms with E-state index in [1.807, 2.05) is 57.2 Å². The first-order valence-corrected chi connectivity index (χ1v) is 13.1. The van der Waals surface area contributed by atoms with Crippen LogP contribution >= 0.6 is 0 Å². The SMILES string of the molecule is CC.C\C=C/C=C\C(=C\CC)CNC(=O)c1ccc2c(c1)C(C#N)COC2.c1ccc(C2CC2)cc1. The summed E-state index contributed by atoms with van der Waals surface area (Å²) in [6.07, 6.45) is 13.7. The van der Waals surface area contributed by atoms with Gasteiger partial charge in [0.1, 0.15) is 0 Å². The number of hydrogen-bond donors (Lipinski definition) is 1. The van der Waals surface area contributed by atoms with E-state index in [0.29, 0.717) is 25.3 Å². The summed E-state index contributed by atoms with van der Waals surface area (Å²) in [7, 11) is 0. The molecule has 1 fully saturated rings. The van der Waals surface area contributed by atoms with Crippen LogP contribution in [0.3, 0.4) is 0 Å². The lowest BCUT2D eigenvalue weighted by Gasteiger charge is -2.21. The second kappa shape index (κ2) is 16.3. The minimum absolute atomic E-state index is 0.132. The van der Waals surface area contributed by atoms with Crippen molar-refractivity contribution in [1.29, 1.82) is 5.26 Å². The highest BCUT2D eigenvalue weighted by Crippen LogP contribution is 2.39. The molecular weight excluding hydrogens is 444 g/mol. The highest BCUT2D eigenvalue weighted by molar-refractivity contribution is 5.94. The largest absolute Gasteiger partial charge is 0.375 e. The number of ether oxygens (including phenoxy) is 1. The number of rotatable bonds is 7. The van der Waals surface area contributed by atoms with Crippen LogP contribution in [0.25, 0.3) is 0 Å². The van der Waals surface area contributed by atoms with Gasteiger partial charge in [-0.1, -0.05) is 87.5 Å². The van der Waals surface area contributed by atoms with Crippen molar-refractivity contribution in [3.05, 3.63) is 107 Å². The van der Waals surface area contributed by atoms with E-state index in [9.17, 15) is 10.1 Å². The van der Waals surface area contributed by atoms with Gasteiger partial charge in [0.05, 0.1) is 25.2 Å². The van der Waals surface area contributed by atoms with E-state index in [4.69, 9.17) is 4.74 Å². The Morgan fingerprint density at radius 2 is 1.89 bits per heavy atom. The lowest BCUT2D eigenvalue weighted by Crippen LogP contribution is -2.26. The zero-order chi connectivity index (χ0) is 26.2. The maximum Gasteiger partial charge on any atom is 0.251 e. The monoisotopic (exact) mass is 484 g/mol. The summed E-state index contributed by atoms with van der Waals surface area (Å²) in [5, 5.41) is 12.2. The molecule has 4 heteroatoms. The highest BCUT2D eigenvalue weighted by Gasteiger charge is 2.23. The molecule has 0 radical (unpaired) electrons. The second-order valence-electron chi connectivity index (χ2n) is 8.55. The van der Waals surface area contributed by atoms with E-state index in [1.54, 1.807) is 6.07 Å². The van der Waals surface area contributed by atoms with Gasteiger partial charge in [-0.2, -0.15) is 5.26 Å². The number of carbonyl (C=O) groups is 1. The van der Waals surface area contributed by atoms with Crippen LogP contribution in [0.1, 0.15) is 85.8 Å². The first-order chi connectivity index (χ1) is 17.7.